The fourth-order valence-electron chi connectivity index (χ4n) is 12.9. The number of fused-ring (bicyclic) bond motifs is 7. The van der Waals surface area contributed by atoms with Gasteiger partial charge in [-0.3, -0.25) is 14.5 Å². The van der Waals surface area contributed by atoms with Crippen molar-refractivity contribution in [1.82, 2.24) is 4.90 Å². The zero-order valence-electron chi connectivity index (χ0n) is 35.4. The number of amides is 1. The van der Waals surface area contributed by atoms with Gasteiger partial charge in [-0.25, -0.2) is 4.79 Å². The van der Waals surface area contributed by atoms with Crippen LogP contribution in [-0.2, 0) is 24.0 Å². The summed E-state index contributed by atoms with van der Waals surface area (Å²) in [6, 6.07) is 7.98. The van der Waals surface area contributed by atoms with Crippen LogP contribution in [0.3, 0.4) is 0 Å². The largest absolute Gasteiger partial charge is 0.469 e. The topological polar surface area (TPSA) is 88.5 Å². The Hall–Kier alpha value is -2.98. The number of rotatable bonds is 7. The number of hydrogen-bond donors (Lipinski definition) is 0. The summed E-state index contributed by atoms with van der Waals surface area (Å²) in [5, 5.41) is 4.58. The van der Waals surface area contributed by atoms with E-state index in [0.29, 0.717) is 21.1 Å². The van der Waals surface area contributed by atoms with Crippen LogP contribution in [0.15, 0.2) is 46.0 Å². The lowest BCUT2D eigenvalue weighted by molar-refractivity contribution is -0.181. The minimum Gasteiger partial charge on any atom is -0.469 e. The standard InChI is InChI=1S/C46H63N3O5S2/c1-41(2)22-24-46(39(52)53-10)25-23-44(6)31(32(46)28-41)15-16-35-43(5)20-18-36(42(3,4)34(43)17-21-45(35,44)7)47-54-37(50)19-26-49-38(51)33(56-40(49)55)27-29-11-13-30(14-12-29)48(8)9/h11-15,27,32,34-35H,16-26,28H2,1-10H3/b33-27-,47-36+/t32?,34?,35?,43-,44+,45+,46-/m0/s1. The van der Waals surface area contributed by atoms with Gasteiger partial charge in [-0.1, -0.05) is 101 Å². The molecule has 8 nitrogen and oxygen atoms in total. The summed E-state index contributed by atoms with van der Waals surface area (Å²) in [5.74, 6) is 0.486. The van der Waals surface area contributed by atoms with Crippen molar-refractivity contribution in [3.05, 3.63) is 46.4 Å². The number of anilines is 1. The second-order valence-corrected chi connectivity index (χ2v) is 21.8. The molecule has 0 spiro atoms. The Labute approximate surface area is 344 Å². The lowest BCUT2D eigenvalue weighted by Crippen LogP contribution is -2.64. The molecular formula is C46H63N3O5S2. The van der Waals surface area contributed by atoms with Crippen LogP contribution in [0.25, 0.3) is 6.08 Å². The molecule has 0 bridgehead atoms. The molecule has 7 rings (SSSR count). The molecule has 0 radical (unpaired) electrons. The second kappa shape index (κ2) is 14.4. The van der Waals surface area contributed by atoms with Crippen LogP contribution in [0.1, 0.15) is 125 Å². The second-order valence-electron chi connectivity index (χ2n) is 20.2. The molecule has 1 aromatic rings. The number of esters is 1. The van der Waals surface area contributed by atoms with Gasteiger partial charge in [-0.2, -0.15) is 0 Å². The van der Waals surface area contributed by atoms with Crippen molar-refractivity contribution in [2.24, 2.45) is 55.4 Å². The highest BCUT2D eigenvalue weighted by Gasteiger charge is 2.69. The molecule has 1 amide bonds. The van der Waals surface area contributed by atoms with Crippen molar-refractivity contribution in [2.45, 2.75) is 119 Å². The Balaban J connectivity index is 1.03. The highest BCUT2D eigenvalue weighted by Crippen LogP contribution is 2.75. The van der Waals surface area contributed by atoms with Gasteiger partial charge in [0, 0.05) is 31.7 Å². The van der Waals surface area contributed by atoms with Crippen molar-refractivity contribution in [2.75, 3.05) is 32.6 Å². The van der Waals surface area contributed by atoms with Gasteiger partial charge in [0.05, 0.1) is 29.6 Å². The number of ether oxygens (including phenoxy) is 1. The van der Waals surface area contributed by atoms with Gasteiger partial charge >= 0.3 is 11.9 Å². The SMILES string of the molecule is COC(=O)[C@]12CCC(C)(C)CC1C1=CCC3[C@@]4(C)CC/C(=N\OC(=O)CCN5C(=O)/C(=C/c6ccc(N(C)C)cc6)SC5=S)C(C)(C)C4CC[C@@]3(C)[C@]1(C)CC2. The average molecular weight is 802 g/mol. The van der Waals surface area contributed by atoms with Gasteiger partial charge in [0.25, 0.3) is 5.91 Å². The van der Waals surface area contributed by atoms with Crippen molar-refractivity contribution in [3.63, 3.8) is 0 Å². The molecule has 56 heavy (non-hydrogen) atoms. The Bertz CT molecular complexity index is 1900. The van der Waals surface area contributed by atoms with Crippen molar-refractivity contribution in [1.29, 1.82) is 0 Å². The first-order chi connectivity index (χ1) is 26.2. The van der Waals surface area contributed by atoms with E-state index in [1.54, 1.807) is 12.7 Å². The maximum Gasteiger partial charge on any atom is 0.336 e. The summed E-state index contributed by atoms with van der Waals surface area (Å²) >= 11 is 6.80. The molecule has 7 atom stereocenters. The number of benzene rings is 1. The number of carbonyl (C=O) groups excluding carboxylic acids is 3. The van der Waals surface area contributed by atoms with Crippen LogP contribution in [0, 0.1) is 50.2 Å². The number of carbonyl (C=O) groups is 3. The van der Waals surface area contributed by atoms with E-state index in [2.05, 4.69) is 59.7 Å². The Kier molecular flexibility index (Phi) is 10.6. The molecule has 6 aliphatic rings. The molecule has 4 saturated carbocycles. The van der Waals surface area contributed by atoms with Crippen LogP contribution < -0.4 is 4.90 Å². The monoisotopic (exact) mass is 801 g/mol. The number of nitrogens with zero attached hydrogens (tertiary/aromatic N) is 3. The molecule has 0 aromatic heterocycles. The van der Waals surface area contributed by atoms with Gasteiger partial charge in [0.1, 0.15) is 4.32 Å². The number of hydrogen-bond acceptors (Lipinski definition) is 9. The minimum absolute atomic E-state index is 0.00144. The van der Waals surface area contributed by atoms with Crippen molar-refractivity contribution < 1.29 is 24.0 Å². The van der Waals surface area contributed by atoms with E-state index in [1.807, 2.05) is 49.3 Å². The van der Waals surface area contributed by atoms with Crippen LogP contribution in [0.5, 0.6) is 0 Å². The Morgan fingerprint density at radius 2 is 1.68 bits per heavy atom. The number of oxime groups is 1. The van der Waals surface area contributed by atoms with Crippen LogP contribution in [0.2, 0.25) is 0 Å². The van der Waals surface area contributed by atoms with E-state index in [4.69, 9.17) is 21.8 Å². The van der Waals surface area contributed by atoms with Gasteiger partial charge in [-0.05, 0) is 127 Å². The summed E-state index contributed by atoms with van der Waals surface area (Å²) < 4.78 is 6.00. The summed E-state index contributed by atoms with van der Waals surface area (Å²) in [7, 11) is 5.55. The van der Waals surface area contributed by atoms with E-state index in [0.717, 1.165) is 81.2 Å². The predicted molar refractivity (Wildman–Crippen MR) is 230 cm³/mol. The Morgan fingerprint density at radius 1 is 0.982 bits per heavy atom. The van der Waals surface area contributed by atoms with Crippen LogP contribution in [-0.4, -0.2) is 60.5 Å². The number of thioether (sulfide) groups is 1. The van der Waals surface area contributed by atoms with E-state index in [-0.39, 0.29) is 57.8 Å². The average Bonchev–Trinajstić information content (AvgIpc) is 3.40. The number of thiocarbonyl (C=S) groups is 1. The smallest absolute Gasteiger partial charge is 0.336 e. The molecule has 304 valence electrons. The molecule has 0 N–H and O–H groups in total. The lowest BCUT2D eigenvalue weighted by atomic mass is 9.33. The molecule has 3 unspecified atom stereocenters. The zero-order chi connectivity index (χ0) is 40.6. The highest BCUT2D eigenvalue weighted by molar-refractivity contribution is 8.26. The Morgan fingerprint density at radius 3 is 2.36 bits per heavy atom. The van der Waals surface area contributed by atoms with E-state index >= 15 is 0 Å². The third kappa shape index (κ3) is 6.51. The number of methoxy groups -OCH3 is 1. The van der Waals surface area contributed by atoms with Gasteiger partial charge in [0.2, 0.25) is 0 Å². The van der Waals surface area contributed by atoms with Crippen molar-refractivity contribution in [3.8, 4) is 0 Å². The molecule has 1 aliphatic heterocycles. The summed E-state index contributed by atoms with van der Waals surface area (Å²) in [6.07, 6.45) is 14.4. The third-order valence-corrected chi connectivity index (χ3v) is 17.8. The lowest BCUT2D eigenvalue weighted by Gasteiger charge is -2.70. The van der Waals surface area contributed by atoms with E-state index in [9.17, 15) is 14.4 Å². The maximum absolute atomic E-state index is 13.6. The maximum atomic E-state index is 13.6. The van der Waals surface area contributed by atoms with E-state index < -0.39 is 11.4 Å². The zero-order valence-corrected chi connectivity index (χ0v) is 37.0. The van der Waals surface area contributed by atoms with Crippen molar-refractivity contribution >= 4 is 63.6 Å². The number of allylic oxidation sites excluding steroid dienone is 2. The normalized spacial score (nSPS) is 37.2. The quantitative estimate of drug-likeness (QED) is 0.0673. The molecule has 10 heteroatoms. The van der Waals surface area contributed by atoms with Gasteiger partial charge in [-0.15, -0.1) is 0 Å². The first-order valence-electron chi connectivity index (χ1n) is 20.8. The van der Waals surface area contributed by atoms with Crippen LogP contribution >= 0.6 is 24.0 Å². The fraction of sp³-hybridized carbons (Fsp3) is 0.674. The molecule has 1 aromatic carbocycles. The molecular weight excluding hydrogens is 739 g/mol. The summed E-state index contributed by atoms with van der Waals surface area (Å²) in [5.41, 5.74) is 4.29. The van der Waals surface area contributed by atoms with Gasteiger partial charge < -0.3 is 14.5 Å². The summed E-state index contributed by atoms with van der Waals surface area (Å²) in [6.45, 7) is 17.2. The molecule has 5 aliphatic carbocycles. The highest BCUT2D eigenvalue weighted by atomic mass is 32.2. The third-order valence-electron chi connectivity index (χ3n) is 16.4. The summed E-state index contributed by atoms with van der Waals surface area (Å²) in [4.78, 5) is 49.7. The van der Waals surface area contributed by atoms with Gasteiger partial charge in [0.15, 0.2) is 0 Å². The van der Waals surface area contributed by atoms with E-state index in [1.165, 1.54) is 16.7 Å². The molecule has 1 saturated heterocycles. The molecule has 5 fully saturated rings. The molecule has 1 heterocycles. The fourth-order valence-corrected chi connectivity index (χ4v) is 14.2. The van der Waals surface area contributed by atoms with Crippen LogP contribution in [0.4, 0.5) is 5.69 Å². The first kappa shape index (κ1) is 41.2. The predicted octanol–water partition coefficient (Wildman–Crippen LogP) is 10.2. The minimum atomic E-state index is -0.459. The first-order valence-corrected chi connectivity index (χ1v) is 22.0.